The highest BCUT2D eigenvalue weighted by Gasteiger charge is 2.77. The van der Waals surface area contributed by atoms with Crippen LogP contribution in [0.25, 0.3) is 0 Å². The predicted molar refractivity (Wildman–Crippen MR) is 149 cm³/mol. The van der Waals surface area contributed by atoms with Gasteiger partial charge in [0, 0.05) is 44.9 Å². The fourth-order valence-corrected chi connectivity index (χ4v) is 6.98. The lowest BCUT2D eigenvalue weighted by Crippen LogP contribution is -2.57. The Kier molecular flexibility index (Phi) is 6.27. The van der Waals surface area contributed by atoms with E-state index in [0.29, 0.717) is 35.5 Å². The second-order valence-electron chi connectivity index (χ2n) is 10.5. The van der Waals surface area contributed by atoms with Crippen LogP contribution in [0.15, 0.2) is 72.3 Å². The summed E-state index contributed by atoms with van der Waals surface area (Å²) in [5.41, 5.74) is -2.77. The number of ether oxygens (including phenoxy) is 2. The minimum Gasteiger partial charge on any atom is -0.497 e. The maximum Gasteiger partial charge on any atom is 0.290 e. The molecule has 0 N–H and O–H groups in total. The summed E-state index contributed by atoms with van der Waals surface area (Å²) in [6.07, 6.45) is 1.42. The zero-order chi connectivity index (χ0) is 29.1. The topological polar surface area (TPSA) is 106 Å². The van der Waals surface area contributed by atoms with Gasteiger partial charge in [-0.2, -0.15) is 5.26 Å². The van der Waals surface area contributed by atoms with E-state index in [2.05, 4.69) is 6.07 Å². The quantitative estimate of drug-likeness (QED) is 0.254. The summed E-state index contributed by atoms with van der Waals surface area (Å²) in [5, 5.41) is 24.3. The summed E-state index contributed by atoms with van der Waals surface area (Å²) >= 11 is 6.43. The zero-order valence-electron chi connectivity index (χ0n) is 22.3. The number of unbranched alkanes of at least 4 members (excludes halogenated alkanes) is 1. The largest absolute Gasteiger partial charge is 0.497 e. The molecule has 1 spiro atoms. The Labute approximate surface area is 240 Å². The Morgan fingerprint density at radius 3 is 2.73 bits per heavy atom. The summed E-state index contributed by atoms with van der Waals surface area (Å²) in [5.74, 6) is -1.67. The smallest absolute Gasteiger partial charge is 0.290 e. The van der Waals surface area contributed by atoms with Crippen molar-refractivity contribution in [3.05, 3.63) is 110 Å². The van der Waals surface area contributed by atoms with E-state index in [-0.39, 0.29) is 21.9 Å². The number of hydrogen-bond donors (Lipinski definition) is 0. The van der Waals surface area contributed by atoms with Crippen LogP contribution in [0.3, 0.4) is 0 Å². The number of nitro groups is 1. The van der Waals surface area contributed by atoms with Gasteiger partial charge in [-0.25, -0.2) is 4.39 Å². The first kappa shape index (κ1) is 26.8. The monoisotopic (exact) mass is 573 g/mol. The Morgan fingerprint density at radius 2 is 2.02 bits per heavy atom. The number of methoxy groups -OCH3 is 1. The second kappa shape index (κ2) is 9.60. The lowest BCUT2D eigenvalue weighted by atomic mass is 9.60. The molecule has 4 unspecified atom stereocenters. The first-order valence-corrected chi connectivity index (χ1v) is 13.6. The molecule has 0 saturated carbocycles. The van der Waals surface area contributed by atoms with E-state index in [9.17, 15) is 24.6 Å². The van der Waals surface area contributed by atoms with Crippen molar-refractivity contribution in [1.29, 1.82) is 5.26 Å². The fourth-order valence-electron chi connectivity index (χ4n) is 6.80. The molecule has 0 aromatic heterocycles. The zero-order valence-corrected chi connectivity index (χ0v) is 23.0. The highest BCUT2D eigenvalue weighted by Crippen LogP contribution is 2.68. The number of hydrogen-bond acceptors (Lipinski definition) is 6. The third-order valence-electron chi connectivity index (χ3n) is 8.47. The average Bonchev–Trinajstić information content (AvgIpc) is 3.42. The number of amides is 1. The number of fused-ring (bicyclic) bond motifs is 6. The molecule has 0 fully saturated rings. The van der Waals surface area contributed by atoms with Gasteiger partial charge in [-0.15, -0.1) is 0 Å². The van der Waals surface area contributed by atoms with Crippen molar-refractivity contribution in [2.24, 2.45) is 0 Å². The van der Waals surface area contributed by atoms with Crippen molar-refractivity contribution in [3.8, 4) is 17.6 Å². The highest BCUT2D eigenvalue weighted by atomic mass is 35.5. The fraction of sp³-hybridized carbons (Fsp3) is 0.290. The molecular weight excluding hydrogens is 549 g/mol. The lowest BCUT2D eigenvalue weighted by Gasteiger charge is -2.44. The molecule has 4 atom stereocenters. The van der Waals surface area contributed by atoms with Crippen LogP contribution in [0.2, 0.25) is 5.02 Å². The van der Waals surface area contributed by atoms with Crippen molar-refractivity contribution < 1.29 is 23.6 Å². The minimum atomic E-state index is -2.13. The van der Waals surface area contributed by atoms with Crippen LogP contribution < -0.4 is 14.4 Å². The van der Waals surface area contributed by atoms with Crippen LogP contribution >= 0.6 is 11.6 Å². The number of rotatable bonds is 6. The van der Waals surface area contributed by atoms with Gasteiger partial charge in [0.2, 0.25) is 5.91 Å². The molecule has 0 bridgehead atoms. The van der Waals surface area contributed by atoms with E-state index < -0.39 is 39.6 Å². The van der Waals surface area contributed by atoms with E-state index in [1.165, 1.54) is 36.3 Å². The van der Waals surface area contributed by atoms with Crippen LogP contribution in [-0.4, -0.2) is 30.0 Å². The Balaban J connectivity index is 1.72. The summed E-state index contributed by atoms with van der Waals surface area (Å²) in [7, 11) is 1.48. The van der Waals surface area contributed by atoms with Crippen molar-refractivity contribution in [2.75, 3.05) is 18.6 Å². The number of carbonyl (C=O) groups excluding carboxylic acids is 1. The van der Waals surface area contributed by atoms with Gasteiger partial charge in [-0.1, -0.05) is 37.1 Å². The van der Waals surface area contributed by atoms with Crippen LogP contribution in [0.5, 0.6) is 11.5 Å². The number of carbonyl (C=O) groups is 1. The van der Waals surface area contributed by atoms with Gasteiger partial charge in [-0.3, -0.25) is 14.9 Å². The van der Waals surface area contributed by atoms with Gasteiger partial charge in [0.25, 0.3) is 5.54 Å². The molecule has 0 saturated heterocycles. The van der Waals surface area contributed by atoms with Crippen LogP contribution in [0, 0.1) is 27.3 Å². The molecule has 2 aliphatic heterocycles. The number of anilines is 1. The van der Waals surface area contributed by atoms with E-state index in [4.69, 9.17) is 21.1 Å². The van der Waals surface area contributed by atoms with E-state index in [1.54, 1.807) is 42.5 Å². The van der Waals surface area contributed by atoms with Crippen molar-refractivity contribution in [2.45, 2.75) is 42.7 Å². The molecule has 0 radical (unpaired) electrons. The van der Waals surface area contributed by atoms with Crippen molar-refractivity contribution >= 4 is 23.2 Å². The Bertz CT molecular complexity index is 1690. The molecule has 3 aromatic carbocycles. The van der Waals surface area contributed by atoms with Crippen molar-refractivity contribution in [3.63, 3.8) is 0 Å². The summed E-state index contributed by atoms with van der Waals surface area (Å²) in [6, 6.07) is 17.5. The number of halogens is 2. The predicted octanol–water partition coefficient (Wildman–Crippen LogP) is 6.27. The maximum absolute atomic E-state index is 15.0. The molecule has 1 amide bonds. The van der Waals surface area contributed by atoms with E-state index >= 15 is 0 Å². The Hall–Kier alpha value is -4.42. The highest BCUT2D eigenvalue weighted by molar-refractivity contribution is 6.30. The molecule has 1 aliphatic carbocycles. The lowest BCUT2D eigenvalue weighted by molar-refractivity contribution is -0.574. The van der Waals surface area contributed by atoms with Gasteiger partial charge in [-0.05, 0) is 55.0 Å². The number of nitrogens with zero attached hydrogens (tertiary/aromatic N) is 3. The molecule has 10 heteroatoms. The summed E-state index contributed by atoms with van der Waals surface area (Å²) in [6.45, 7) is 2.29. The van der Waals surface area contributed by atoms with Crippen molar-refractivity contribution in [1.82, 2.24) is 0 Å². The van der Waals surface area contributed by atoms with Gasteiger partial charge >= 0.3 is 0 Å². The minimum absolute atomic E-state index is 0.126. The third-order valence-corrected chi connectivity index (χ3v) is 8.70. The molecule has 208 valence electrons. The first-order valence-electron chi connectivity index (χ1n) is 13.2. The first-order chi connectivity index (χ1) is 19.7. The molecule has 6 rings (SSSR count). The van der Waals surface area contributed by atoms with Crippen LogP contribution in [0.4, 0.5) is 10.1 Å². The van der Waals surface area contributed by atoms with Crippen LogP contribution in [-0.2, 0) is 10.2 Å². The molecular formula is C31H25ClFN3O5. The average molecular weight is 574 g/mol. The van der Waals surface area contributed by atoms with E-state index in [1.807, 2.05) is 6.92 Å². The Morgan fingerprint density at radius 1 is 1.22 bits per heavy atom. The van der Waals surface area contributed by atoms with Gasteiger partial charge in [0.05, 0.1) is 24.7 Å². The van der Waals surface area contributed by atoms with Crippen LogP contribution in [0.1, 0.15) is 48.5 Å². The SMILES string of the molecule is CCCCN1C(=O)C2(C(C#N)=CC3([N+](=O)[O-])C(c4cccc(OC)c4)Oc4ccc(Cl)cc4C23)c2cc(F)ccc21. The van der Waals surface area contributed by atoms with Gasteiger partial charge in [0.15, 0.2) is 6.10 Å². The number of benzene rings is 3. The number of nitriles is 1. The second-order valence-corrected chi connectivity index (χ2v) is 10.9. The maximum atomic E-state index is 15.0. The summed E-state index contributed by atoms with van der Waals surface area (Å²) < 4.78 is 26.7. The molecule has 3 aromatic rings. The third kappa shape index (κ3) is 3.53. The normalized spacial score (nSPS) is 25.6. The summed E-state index contributed by atoms with van der Waals surface area (Å²) in [4.78, 5) is 29.2. The van der Waals surface area contributed by atoms with Gasteiger partial charge in [0.1, 0.15) is 22.7 Å². The van der Waals surface area contributed by atoms with E-state index in [0.717, 1.165) is 6.42 Å². The van der Waals surface area contributed by atoms with Gasteiger partial charge < -0.3 is 14.4 Å². The molecule has 3 aliphatic rings. The molecule has 2 heterocycles. The standard InChI is InChI=1S/C31H25ClFN3O5/c1-3-4-12-35-25-10-9-21(33)15-24(25)31(29(35)37)19(17-34)16-30(36(38)39)27(31)23-14-20(32)8-11-26(23)41-28(30)18-6-5-7-22(13-18)40-2/h5-11,13-16,27-28H,3-4,12H2,1-2H3. The molecule has 8 nitrogen and oxygen atoms in total. The molecule has 41 heavy (non-hydrogen) atoms.